The Hall–Kier alpha value is -2.89. The molecule has 0 radical (unpaired) electrons. The molecule has 42 heavy (non-hydrogen) atoms. The number of rotatable bonds is 7. The molecule has 0 bridgehead atoms. The highest BCUT2D eigenvalue weighted by molar-refractivity contribution is 6.30. The number of nitrogens with zero attached hydrogens (tertiary/aromatic N) is 2. The molecule has 1 N–H and O–H groups in total. The lowest BCUT2D eigenvalue weighted by molar-refractivity contribution is -0.165. The summed E-state index contributed by atoms with van der Waals surface area (Å²) >= 11 is 5.90. The second kappa shape index (κ2) is 12.0. The molecule has 2 heterocycles. The van der Waals surface area contributed by atoms with E-state index in [1.807, 2.05) is 0 Å². The van der Waals surface area contributed by atoms with Gasteiger partial charge in [0.15, 0.2) is 0 Å². The third-order valence-electron chi connectivity index (χ3n) is 8.60. The summed E-state index contributed by atoms with van der Waals surface area (Å²) in [5.74, 6) is -1.56. The van der Waals surface area contributed by atoms with Crippen molar-refractivity contribution < 1.29 is 36.6 Å². The molecule has 2 aromatic carbocycles. The van der Waals surface area contributed by atoms with Crippen LogP contribution in [0.2, 0.25) is 5.02 Å². The van der Waals surface area contributed by atoms with E-state index in [2.05, 4.69) is 22.0 Å². The van der Waals surface area contributed by atoms with E-state index in [1.165, 1.54) is 25.3 Å². The monoisotopic (exact) mass is 611 g/mol. The zero-order chi connectivity index (χ0) is 30.2. The van der Waals surface area contributed by atoms with Gasteiger partial charge in [0.2, 0.25) is 0 Å². The van der Waals surface area contributed by atoms with E-state index >= 15 is 0 Å². The van der Waals surface area contributed by atoms with Gasteiger partial charge in [0.1, 0.15) is 11.4 Å². The molecule has 3 aliphatic rings. The Morgan fingerprint density at radius 2 is 1.90 bits per heavy atom. The molecule has 1 aliphatic carbocycles. The van der Waals surface area contributed by atoms with E-state index in [1.54, 1.807) is 6.07 Å². The first-order valence-corrected chi connectivity index (χ1v) is 14.5. The number of esters is 1. The number of piperazine rings is 1. The van der Waals surface area contributed by atoms with E-state index in [9.17, 15) is 27.2 Å². The highest BCUT2D eigenvalue weighted by Gasteiger charge is 2.54. The summed E-state index contributed by atoms with van der Waals surface area (Å²) < 4.78 is 64.8. The van der Waals surface area contributed by atoms with Crippen molar-refractivity contribution in [3.05, 3.63) is 63.9 Å². The first-order valence-electron chi connectivity index (χ1n) is 14.1. The van der Waals surface area contributed by atoms with Gasteiger partial charge in [0.05, 0.1) is 24.8 Å². The fourth-order valence-corrected chi connectivity index (χ4v) is 6.47. The van der Waals surface area contributed by atoms with Crippen LogP contribution in [0, 0.1) is 11.7 Å². The number of methoxy groups -OCH3 is 1. The lowest BCUT2D eigenvalue weighted by atomic mass is 9.85. The minimum atomic E-state index is -4.53. The number of anilines is 1. The minimum Gasteiger partial charge on any atom is -0.465 e. The van der Waals surface area contributed by atoms with Crippen LogP contribution in [0.25, 0.3) is 0 Å². The second-order valence-electron chi connectivity index (χ2n) is 11.4. The minimum absolute atomic E-state index is 0.0413. The number of hydrogen-bond acceptors (Lipinski definition) is 6. The normalized spacial score (nSPS) is 25.3. The van der Waals surface area contributed by atoms with Gasteiger partial charge in [-0.1, -0.05) is 11.6 Å². The van der Waals surface area contributed by atoms with Gasteiger partial charge >= 0.3 is 12.1 Å². The zero-order valence-corrected chi connectivity index (χ0v) is 24.2. The molecule has 5 rings (SSSR count). The molecule has 1 saturated carbocycles. The molecule has 1 amide bonds. The summed E-state index contributed by atoms with van der Waals surface area (Å²) in [6.07, 6.45) is -1.53. The van der Waals surface area contributed by atoms with Crippen LogP contribution in [0.3, 0.4) is 0 Å². The molecule has 7 nitrogen and oxygen atoms in total. The van der Waals surface area contributed by atoms with E-state index in [4.69, 9.17) is 21.1 Å². The maximum Gasteiger partial charge on any atom is 0.416 e. The van der Waals surface area contributed by atoms with Gasteiger partial charge in [-0.25, -0.2) is 9.18 Å². The highest BCUT2D eigenvalue weighted by atomic mass is 35.5. The molecule has 3 atom stereocenters. The molecular formula is C30H34ClF4N3O4. The maximum atomic E-state index is 14.2. The van der Waals surface area contributed by atoms with Crippen molar-refractivity contribution in [1.82, 2.24) is 10.2 Å². The van der Waals surface area contributed by atoms with Gasteiger partial charge in [-0.05, 0) is 80.5 Å². The maximum absolute atomic E-state index is 14.2. The molecular weight excluding hydrogens is 578 g/mol. The van der Waals surface area contributed by atoms with Crippen molar-refractivity contribution in [2.45, 2.75) is 63.0 Å². The lowest BCUT2D eigenvalue weighted by Gasteiger charge is -2.48. The molecule has 228 valence electrons. The number of nitrogens with one attached hydrogen (secondary N) is 1. The Morgan fingerprint density at radius 3 is 2.52 bits per heavy atom. The van der Waals surface area contributed by atoms with Crippen LogP contribution in [0.5, 0.6) is 0 Å². The molecule has 2 saturated heterocycles. The van der Waals surface area contributed by atoms with Crippen molar-refractivity contribution in [3.8, 4) is 0 Å². The van der Waals surface area contributed by atoms with Crippen molar-refractivity contribution in [3.63, 3.8) is 0 Å². The smallest absolute Gasteiger partial charge is 0.416 e. The molecule has 2 aromatic rings. The topological polar surface area (TPSA) is 71.1 Å². The average Bonchev–Trinajstić information content (AvgIpc) is 3.81. The largest absolute Gasteiger partial charge is 0.465 e. The van der Waals surface area contributed by atoms with E-state index in [-0.39, 0.29) is 46.6 Å². The number of carbonyl (C=O) groups is 2. The van der Waals surface area contributed by atoms with Crippen LogP contribution in [0.15, 0.2) is 36.4 Å². The van der Waals surface area contributed by atoms with E-state index < -0.39 is 29.1 Å². The SMILES string of the molecule is COC(=O)c1cc(N2CCN([C@@H]3CC[C@@](C(=O)NCc4cc(Cl)cc(C(F)(F)F)c4)(C4CC4)OC3)C[C@@H]2C)ccc1F. The Labute approximate surface area is 247 Å². The number of alkyl halides is 3. The zero-order valence-electron chi connectivity index (χ0n) is 23.5. The first kappa shape index (κ1) is 30.6. The van der Waals surface area contributed by atoms with E-state index in [0.29, 0.717) is 19.6 Å². The number of benzene rings is 2. The second-order valence-corrected chi connectivity index (χ2v) is 11.8. The number of halogens is 5. The van der Waals surface area contributed by atoms with Crippen LogP contribution in [-0.4, -0.2) is 67.8 Å². The molecule has 0 aromatic heterocycles. The van der Waals surface area contributed by atoms with Crippen LogP contribution < -0.4 is 10.2 Å². The van der Waals surface area contributed by atoms with Crippen LogP contribution in [0.4, 0.5) is 23.2 Å². The predicted molar refractivity (Wildman–Crippen MR) is 149 cm³/mol. The lowest BCUT2D eigenvalue weighted by Crippen LogP contribution is -2.60. The molecule has 2 aliphatic heterocycles. The fraction of sp³-hybridized carbons (Fsp3) is 0.533. The summed E-state index contributed by atoms with van der Waals surface area (Å²) in [6, 6.07) is 7.92. The molecule has 12 heteroatoms. The Bertz CT molecular complexity index is 1330. The van der Waals surface area contributed by atoms with E-state index in [0.717, 1.165) is 50.2 Å². The number of amides is 1. The van der Waals surface area contributed by atoms with Gasteiger partial charge in [-0.2, -0.15) is 13.2 Å². The van der Waals surface area contributed by atoms with Gasteiger partial charge < -0.3 is 19.7 Å². The first-order chi connectivity index (χ1) is 19.9. The van der Waals surface area contributed by atoms with Gasteiger partial charge in [-0.3, -0.25) is 9.69 Å². The predicted octanol–water partition coefficient (Wildman–Crippen LogP) is 5.44. The third-order valence-corrected chi connectivity index (χ3v) is 8.82. The summed E-state index contributed by atoms with van der Waals surface area (Å²) in [7, 11) is 1.22. The number of carbonyl (C=O) groups excluding carboxylic acids is 2. The van der Waals surface area contributed by atoms with Crippen molar-refractivity contribution in [2.75, 3.05) is 38.3 Å². The molecule has 0 spiro atoms. The van der Waals surface area contributed by atoms with Gasteiger partial charge in [-0.15, -0.1) is 0 Å². The summed E-state index contributed by atoms with van der Waals surface area (Å²) in [5.41, 5.74) is -0.931. The summed E-state index contributed by atoms with van der Waals surface area (Å²) in [6.45, 7) is 4.47. The summed E-state index contributed by atoms with van der Waals surface area (Å²) in [5, 5.41) is 2.77. The molecule has 0 unspecified atom stereocenters. The number of ether oxygens (including phenoxy) is 2. The van der Waals surface area contributed by atoms with Crippen molar-refractivity contribution in [2.24, 2.45) is 5.92 Å². The Morgan fingerprint density at radius 1 is 1.14 bits per heavy atom. The Balaban J connectivity index is 1.19. The van der Waals surface area contributed by atoms with Crippen molar-refractivity contribution >= 4 is 29.2 Å². The van der Waals surface area contributed by atoms with Crippen molar-refractivity contribution in [1.29, 1.82) is 0 Å². The van der Waals surface area contributed by atoms with Crippen LogP contribution in [-0.2, 0) is 27.0 Å². The average molecular weight is 612 g/mol. The van der Waals surface area contributed by atoms with Crippen LogP contribution >= 0.6 is 11.6 Å². The van der Waals surface area contributed by atoms with Gasteiger partial charge in [0, 0.05) is 49.0 Å². The third kappa shape index (κ3) is 6.38. The Kier molecular flexibility index (Phi) is 8.74. The number of hydrogen-bond donors (Lipinski definition) is 1. The highest BCUT2D eigenvalue weighted by Crippen LogP contribution is 2.47. The summed E-state index contributed by atoms with van der Waals surface area (Å²) in [4.78, 5) is 29.9. The fourth-order valence-electron chi connectivity index (χ4n) is 6.21. The molecule has 3 fully saturated rings. The van der Waals surface area contributed by atoms with Gasteiger partial charge in [0.25, 0.3) is 5.91 Å². The standard InChI is InChI=1S/C30H34ClF4N3O4/c1-18-16-37(9-10-38(18)23-5-6-26(32)25(14-23)27(39)41-2)24-7-8-29(42-17-24,20-3-4-20)28(40)36-15-19-11-21(30(33,34)35)13-22(31)12-19/h5-6,11-14,18,20,24H,3-4,7-10,15-17H2,1-2H3,(H,36,40)/t18-,24+,29-/m0/s1. The quantitative estimate of drug-likeness (QED) is 0.332. The van der Waals surface area contributed by atoms with Crippen LogP contribution in [0.1, 0.15) is 54.1 Å².